The van der Waals surface area contributed by atoms with Gasteiger partial charge in [0.2, 0.25) is 0 Å². The lowest BCUT2D eigenvalue weighted by atomic mass is 10.1. The van der Waals surface area contributed by atoms with Gasteiger partial charge in [0, 0.05) is 52.0 Å². The molecule has 0 saturated carbocycles. The Morgan fingerprint density at radius 2 is 2.00 bits per heavy atom. The quantitative estimate of drug-likeness (QED) is 0.351. The monoisotopic (exact) mass is 526 g/mol. The van der Waals surface area contributed by atoms with Crippen molar-refractivity contribution < 1.29 is 13.2 Å². The van der Waals surface area contributed by atoms with Gasteiger partial charge in [-0.1, -0.05) is 0 Å². The number of likely N-dealkylation sites (tertiary alicyclic amines) is 1. The van der Waals surface area contributed by atoms with Crippen LogP contribution in [0.4, 0.5) is 19.0 Å². The molecule has 6 nitrogen and oxygen atoms in total. The minimum absolute atomic E-state index is 0. The first-order chi connectivity index (χ1) is 13.4. The van der Waals surface area contributed by atoms with Crippen LogP contribution in [-0.2, 0) is 6.54 Å². The van der Waals surface area contributed by atoms with Crippen LogP contribution in [0, 0.1) is 0 Å². The van der Waals surface area contributed by atoms with Crippen molar-refractivity contribution in [1.29, 1.82) is 0 Å². The molecule has 2 aliphatic rings. The molecule has 3 rings (SSSR count). The second kappa shape index (κ2) is 11.2. The maximum absolute atomic E-state index is 12.5. The number of aromatic nitrogens is 1. The Bertz CT molecular complexity index is 664. The number of alkyl halides is 3. The van der Waals surface area contributed by atoms with E-state index in [1.165, 1.54) is 24.2 Å². The third-order valence-corrected chi connectivity index (χ3v) is 5.19. The normalized spacial score (nSPS) is 21.0. The van der Waals surface area contributed by atoms with Gasteiger partial charge in [-0.3, -0.25) is 9.89 Å². The lowest BCUT2D eigenvalue weighted by molar-refractivity contribution is -0.143. The number of aliphatic imine (C=N–C) groups is 1. The smallest absolute Gasteiger partial charge is 0.357 e. The van der Waals surface area contributed by atoms with Gasteiger partial charge in [0.05, 0.1) is 6.54 Å². The molecular formula is C19H30F3IN6. The highest BCUT2D eigenvalue weighted by Gasteiger charge is 2.34. The van der Waals surface area contributed by atoms with E-state index >= 15 is 0 Å². The average molecular weight is 526 g/mol. The summed E-state index contributed by atoms with van der Waals surface area (Å²) >= 11 is 0. The molecule has 0 radical (unpaired) electrons. The minimum Gasteiger partial charge on any atom is -0.357 e. The number of piperidine rings is 1. The SMILES string of the molecule is CN=C(NCc1ccnc(N2CCCCC2)c1)NC1CCN(CC(F)(F)F)C1.I. The van der Waals surface area contributed by atoms with Crippen molar-refractivity contribution in [2.24, 2.45) is 4.99 Å². The standard InChI is InChI=1S/C19H29F3N6.HI/c1-23-18(26-16-6-10-27(13-16)14-19(20,21)22)25-12-15-5-7-24-17(11-15)28-8-3-2-4-9-28;/h5,7,11,16H,2-4,6,8-10,12-14H2,1H3,(H2,23,25,26);1H. The summed E-state index contributed by atoms with van der Waals surface area (Å²) in [6, 6.07) is 4.02. The minimum atomic E-state index is -4.15. The van der Waals surface area contributed by atoms with Crippen LogP contribution < -0.4 is 15.5 Å². The van der Waals surface area contributed by atoms with E-state index in [1.807, 2.05) is 12.3 Å². The number of hydrogen-bond acceptors (Lipinski definition) is 4. The average Bonchev–Trinajstić information content (AvgIpc) is 3.11. The molecule has 10 heteroatoms. The second-order valence-corrected chi connectivity index (χ2v) is 7.48. The largest absolute Gasteiger partial charge is 0.401 e. The first-order valence-electron chi connectivity index (χ1n) is 9.89. The maximum Gasteiger partial charge on any atom is 0.401 e. The molecule has 0 bridgehead atoms. The number of nitrogens with zero attached hydrogens (tertiary/aromatic N) is 4. The maximum atomic E-state index is 12.5. The van der Waals surface area contributed by atoms with Gasteiger partial charge in [-0.05, 0) is 43.4 Å². The van der Waals surface area contributed by atoms with Crippen LogP contribution in [0.5, 0.6) is 0 Å². The van der Waals surface area contributed by atoms with E-state index in [0.29, 0.717) is 32.0 Å². The highest BCUT2D eigenvalue weighted by molar-refractivity contribution is 14.0. The molecule has 0 spiro atoms. The number of halogens is 4. The van der Waals surface area contributed by atoms with E-state index in [2.05, 4.69) is 31.6 Å². The molecule has 2 aliphatic heterocycles. The van der Waals surface area contributed by atoms with Crippen molar-refractivity contribution in [3.8, 4) is 0 Å². The molecule has 1 atom stereocenters. The third-order valence-electron chi connectivity index (χ3n) is 5.19. The number of anilines is 1. The molecule has 1 aromatic rings. The Morgan fingerprint density at radius 3 is 2.69 bits per heavy atom. The fourth-order valence-electron chi connectivity index (χ4n) is 3.79. The number of rotatable bonds is 5. The molecule has 164 valence electrons. The first kappa shape index (κ1) is 24.0. The van der Waals surface area contributed by atoms with Crippen LogP contribution in [0.25, 0.3) is 0 Å². The molecule has 1 unspecified atom stereocenters. The summed E-state index contributed by atoms with van der Waals surface area (Å²) in [6.07, 6.45) is 2.03. The Labute approximate surface area is 187 Å². The Morgan fingerprint density at radius 1 is 1.24 bits per heavy atom. The van der Waals surface area contributed by atoms with Gasteiger partial charge in [0.25, 0.3) is 0 Å². The first-order valence-corrected chi connectivity index (χ1v) is 9.89. The topological polar surface area (TPSA) is 55.8 Å². The van der Waals surface area contributed by atoms with Crippen molar-refractivity contribution in [3.63, 3.8) is 0 Å². The van der Waals surface area contributed by atoms with E-state index in [4.69, 9.17) is 0 Å². The molecular weight excluding hydrogens is 496 g/mol. The van der Waals surface area contributed by atoms with Crippen molar-refractivity contribution in [2.45, 2.75) is 44.4 Å². The van der Waals surface area contributed by atoms with Gasteiger partial charge in [0.15, 0.2) is 5.96 Å². The summed E-state index contributed by atoms with van der Waals surface area (Å²) in [6.45, 7) is 2.63. The predicted molar refractivity (Wildman–Crippen MR) is 120 cm³/mol. The second-order valence-electron chi connectivity index (χ2n) is 7.48. The molecule has 0 aliphatic carbocycles. The number of nitrogens with one attached hydrogen (secondary N) is 2. The predicted octanol–water partition coefficient (Wildman–Crippen LogP) is 2.99. The zero-order valence-electron chi connectivity index (χ0n) is 16.7. The zero-order valence-corrected chi connectivity index (χ0v) is 19.0. The highest BCUT2D eigenvalue weighted by atomic mass is 127. The Hall–Kier alpha value is -1.30. The van der Waals surface area contributed by atoms with Crippen LogP contribution in [0.2, 0.25) is 0 Å². The van der Waals surface area contributed by atoms with Gasteiger partial charge in [-0.15, -0.1) is 24.0 Å². The van der Waals surface area contributed by atoms with Crippen molar-refractivity contribution in [1.82, 2.24) is 20.5 Å². The molecule has 3 heterocycles. The summed E-state index contributed by atoms with van der Waals surface area (Å²) in [5.41, 5.74) is 1.10. The number of guanidine groups is 1. The molecule has 2 N–H and O–H groups in total. The zero-order chi connectivity index (χ0) is 20.0. The molecule has 2 fully saturated rings. The van der Waals surface area contributed by atoms with Crippen LogP contribution >= 0.6 is 24.0 Å². The molecule has 1 aromatic heterocycles. The molecule has 29 heavy (non-hydrogen) atoms. The molecule has 0 aromatic carbocycles. The van der Waals surface area contributed by atoms with E-state index in [-0.39, 0.29) is 30.0 Å². The summed E-state index contributed by atoms with van der Waals surface area (Å²) in [4.78, 5) is 12.4. The lowest BCUT2D eigenvalue weighted by Gasteiger charge is -2.28. The van der Waals surface area contributed by atoms with Gasteiger partial charge in [-0.25, -0.2) is 4.98 Å². The van der Waals surface area contributed by atoms with Crippen molar-refractivity contribution >= 4 is 35.8 Å². The van der Waals surface area contributed by atoms with E-state index in [0.717, 1.165) is 24.5 Å². The number of pyridine rings is 1. The Balaban J connectivity index is 0.00000300. The van der Waals surface area contributed by atoms with Gasteiger partial charge in [0.1, 0.15) is 5.82 Å². The molecule has 0 amide bonds. The van der Waals surface area contributed by atoms with Gasteiger partial charge >= 0.3 is 6.18 Å². The van der Waals surface area contributed by atoms with Crippen molar-refractivity contribution in [3.05, 3.63) is 23.9 Å². The molecule has 2 saturated heterocycles. The van der Waals surface area contributed by atoms with E-state index in [1.54, 1.807) is 7.05 Å². The number of hydrogen-bond donors (Lipinski definition) is 2. The van der Waals surface area contributed by atoms with E-state index in [9.17, 15) is 13.2 Å². The summed E-state index contributed by atoms with van der Waals surface area (Å²) < 4.78 is 37.6. The fourth-order valence-corrected chi connectivity index (χ4v) is 3.79. The lowest BCUT2D eigenvalue weighted by Crippen LogP contribution is -2.44. The summed E-state index contributed by atoms with van der Waals surface area (Å²) in [7, 11) is 1.67. The van der Waals surface area contributed by atoms with Crippen LogP contribution in [-0.4, -0.2) is 67.8 Å². The van der Waals surface area contributed by atoms with Crippen molar-refractivity contribution in [2.75, 3.05) is 44.7 Å². The summed E-state index contributed by atoms with van der Waals surface area (Å²) in [5, 5.41) is 6.49. The van der Waals surface area contributed by atoms with Crippen LogP contribution in [0.15, 0.2) is 23.3 Å². The fraction of sp³-hybridized carbons (Fsp3) is 0.684. The van der Waals surface area contributed by atoms with Crippen LogP contribution in [0.1, 0.15) is 31.2 Å². The summed E-state index contributed by atoms with van der Waals surface area (Å²) in [5.74, 6) is 1.61. The van der Waals surface area contributed by atoms with E-state index < -0.39 is 12.7 Å². The third kappa shape index (κ3) is 7.80. The van der Waals surface area contributed by atoms with Gasteiger partial charge < -0.3 is 15.5 Å². The Kier molecular flexibility index (Phi) is 9.25. The highest BCUT2D eigenvalue weighted by Crippen LogP contribution is 2.20. The van der Waals surface area contributed by atoms with Gasteiger partial charge in [-0.2, -0.15) is 13.2 Å². The van der Waals surface area contributed by atoms with Crippen LogP contribution in [0.3, 0.4) is 0 Å².